The lowest BCUT2D eigenvalue weighted by Crippen LogP contribution is -2.45. The molecular weight excluding hydrogens is 342 g/mol. The fraction of sp³-hybridized carbons (Fsp3) is 0.222. The van der Waals surface area contributed by atoms with E-state index in [0.717, 1.165) is 16.7 Å². The van der Waals surface area contributed by atoms with Crippen molar-refractivity contribution in [1.29, 1.82) is 0 Å². The molecule has 2 aromatic carbocycles. The van der Waals surface area contributed by atoms with Crippen molar-refractivity contribution in [3.05, 3.63) is 58.1 Å². The standard InChI is InChI=1S/C18H20ClN3O3/c1-11-5-7-15(8-13(11)3)25-10-17(23)21-22-18(24)20-14-6-4-12(2)16(19)9-14/h4-9H,10H2,1-3H3,(H,21,23)(H2,20,22,24). The summed E-state index contributed by atoms with van der Waals surface area (Å²) < 4.78 is 5.38. The van der Waals surface area contributed by atoms with Gasteiger partial charge >= 0.3 is 6.03 Å². The third-order valence-corrected chi connectivity index (χ3v) is 4.00. The predicted molar refractivity (Wildman–Crippen MR) is 97.9 cm³/mol. The van der Waals surface area contributed by atoms with Crippen LogP contribution in [-0.4, -0.2) is 18.5 Å². The van der Waals surface area contributed by atoms with Crippen molar-refractivity contribution in [1.82, 2.24) is 10.9 Å². The van der Waals surface area contributed by atoms with Crippen molar-refractivity contribution in [3.8, 4) is 5.75 Å². The molecule has 132 valence electrons. The lowest BCUT2D eigenvalue weighted by molar-refractivity contribution is -0.123. The normalized spacial score (nSPS) is 10.1. The van der Waals surface area contributed by atoms with Gasteiger partial charge in [0.15, 0.2) is 6.61 Å². The Morgan fingerprint density at radius 1 is 0.960 bits per heavy atom. The van der Waals surface area contributed by atoms with Crippen molar-refractivity contribution < 1.29 is 14.3 Å². The highest BCUT2D eigenvalue weighted by Gasteiger charge is 2.07. The number of benzene rings is 2. The van der Waals surface area contributed by atoms with E-state index in [1.165, 1.54) is 0 Å². The molecule has 7 heteroatoms. The van der Waals surface area contributed by atoms with Crippen LogP contribution in [0.25, 0.3) is 0 Å². The summed E-state index contributed by atoms with van der Waals surface area (Å²) >= 11 is 5.99. The van der Waals surface area contributed by atoms with Crippen molar-refractivity contribution in [2.24, 2.45) is 0 Å². The second-order valence-electron chi connectivity index (χ2n) is 5.63. The van der Waals surface area contributed by atoms with Crippen LogP contribution < -0.4 is 20.9 Å². The zero-order valence-electron chi connectivity index (χ0n) is 14.3. The molecule has 0 spiro atoms. The maximum absolute atomic E-state index is 11.7. The number of nitrogens with one attached hydrogen (secondary N) is 3. The zero-order valence-corrected chi connectivity index (χ0v) is 15.0. The van der Waals surface area contributed by atoms with E-state index in [0.29, 0.717) is 16.5 Å². The molecular formula is C18H20ClN3O3. The molecule has 0 bridgehead atoms. The van der Waals surface area contributed by atoms with Crippen LogP contribution in [0.15, 0.2) is 36.4 Å². The number of anilines is 1. The molecule has 2 rings (SSSR count). The summed E-state index contributed by atoms with van der Waals surface area (Å²) in [5.74, 6) is 0.118. The van der Waals surface area contributed by atoms with E-state index in [4.69, 9.17) is 16.3 Å². The van der Waals surface area contributed by atoms with Crippen molar-refractivity contribution in [2.75, 3.05) is 11.9 Å². The highest BCUT2D eigenvalue weighted by atomic mass is 35.5. The molecule has 0 saturated carbocycles. The molecule has 0 aliphatic carbocycles. The Balaban J connectivity index is 1.76. The number of hydrazine groups is 1. The molecule has 0 atom stereocenters. The zero-order chi connectivity index (χ0) is 18.4. The fourth-order valence-corrected chi connectivity index (χ4v) is 2.13. The molecule has 0 radical (unpaired) electrons. The first-order valence-electron chi connectivity index (χ1n) is 7.67. The molecule has 6 nitrogen and oxygen atoms in total. The summed E-state index contributed by atoms with van der Waals surface area (Å²) in [6.07, 6.45) is 0. The number of halogens is 1. The average Bonchev–Trinajstić information content (AvgIpc) is 2.57. The second kappa shape index (κ2) is 8.39. The number of rotatable bonds is 4. The smallest absolute Gasteiger partial charge is 0.337 e. The Labute approximate surface area is 151 Å². The topological polar surface area (TPSA) is 79.5 Å². The Morgan fingerprint density at radius 3 is 2.36 bits per heavy atom. The summed E-state index contributed by atoms with van der Waals surface area (Å²) in [6, 6.07) is 10.1. The van der Waals surface area contributed by atoms with E-state index in [-0.39, 0.29) is 6.61 Å². The minimum Gasteiger partial charge on any atom is -0.484 e. The lowest BCUT2D eigenvalue weighted by Gasteiger charge is -2.11. The molecule has 0 aliphatic heterocycles. The van der Waals surface area contributed by atoms with Gasteiger partial charge in [-0.15, -0.1) is 0 Å². The molecule has 3 amide bonds. The van der Waals surface area contributed by atoms with Crippen LogP contribution >= 0.6 is 11.6 Å². The number of carbonyl (C=O) groups is 2. The minimum absolute atomic E-state index is 0.209. The van der Waals surface area contributed by atoms with Crippen LogP contribution in [0.5, 0.6) is 5.75 Å². The first kappa shape index (κ1) is 18.6. The summed E-state index contributed by atoms with van der Waals surface area (Å²) in [6.45, 7) is 5.61. The SMILES string of the molecule is Cc1ccc(OCC(=O)NNC(=O)Nc2ccc(C)c(Cl)c2)cc1C. The molecule has 0 heterocycles. The highest BCUT2D eigenvalue weighted by Crippen LogP contribution is 2.19. The molecule has 0 saturated heterocycles. The maximum Gasteiger partial charge on any atom is 0.337 e. The largest absolute Gasteiger partial charge is 0.484 e. The van der Waals surface area contributed by atoms with E-state index in [1.807, 2.05) is 32.9 Å². The third-order valence-electron chi connectivity index (χ3n) is 3.59. The lowest BCUT2D eigenvalue weighted by atomic mass is 10.1. The minimum atomic E-state index is -0.584. The van der Waals surface area contributed by atoms with Crippen LogP contribution in [0.2, 0.25) is 5.02 Å². The van der Waals surface area contributed by atoms with Gasteiger partial charge in [0, 0.05) is 10.7 Å². The molecule has 25 heavy (non-hydrogen) atoms. The Kier molecular flexibility index (Phi) is 6.25. The number of hydrogen-bond donors (Lipinski definition) is 3. The Bertz CT molecular complexity index is 793. The first-order chi connectivity index (χ1) is 11.8. The second-order valence-corrected chi connectivity index (χ2v) is 6.03. The number of hydrogen-bond acceptors (Lipinski definition) is 3. The summed E-state index contributed by atoms with van der Waals surface area (Å²) in [7, 11) is 0. The predicted octanol–water partition coefficient (Wildman–Crippen LogP) is 3.50. The van der Waals surface area contributed by atoms with Crippen molar-refractivity contribution in [3.63, 3.8) is 0 Å². The average molecular weight is 362 g/mol. The van der Waals surface area contributed by atoms with E-state index >= 15 is 0 Å². The summed E-state index contributed by atoms with van der Waals surface area (Å²) in [5.41, 5.74) is 8.16. The van der Waals surface area contributed by atoms with Crippen molar-refractivity contribution >= 4 is 29.2 Å². The highest BCUT2D eigenvalue weighted by molar-refractivity contribution is 6.31. The monoisotopic (exact) mass is 361 g/mol. The van der Waals surface area contributed by atoms with Gasteiger partial charge in [-0.2, -0.15) is 0 Å². The maximum atomic E-state index is 11.7. The van der Waals surface area contributed by atoms with Gasteiger partial charge in [-0.1, -0.05) is 23.7 Å². The molecule has 0 aliphatic rings. The van der Waals surface area contributed by atoms with Gasteiger partial charge < -0.3 is 10.1 Å². The van der Waals surface area contributed by atoms with Gasteiger partial charge in [0.25, 0.3) is 5.91 Å². The Hall–Kier alpha value is -2.73. The summed E-state index contributed by atoms with van der Waals surface area (Å²) in [4.78, 5) is 23.5. The first-order valence-corrected chi connectivity index (χ1v) is 8.05. The number of urea groups is 1. The van der Waals surface area contributed by atoms with Crippen LogP contribution in [0.1, 0.15) is 16.7 Å². The molecule has 2 aromatic rings. The molecule has 0 fully saturated rings. The van der Waals surface area contributed by atoms with Crippen LogP contribution in [0.4, 0.5) is 10.5 Å². The number of ether oxygens (including phenoxy) is 1. The van der Waals surface area contributed by atoms with E-state index in [1.54, 1.807) is 24.3 Å². The number of aryl methyl sites for hydroxylation is 3. The fourth-order valence-electron chi connectivity index (χ4n) is 1.95. The van der Waals surface area contributed by atoms with Gasteiger partial charge in [-0.05, 0) is 61.7 Å². The van der Waals surface area contributed by atoms with Gasteiger partial charge in [-0.3, -0.25) is 10.2 Å². The van der Waals surface area contributed by atoms with E-state index < -0.39 is 11.9 Å². The summed E-state index contributed by atoms with van der Waals surface area (Å²) in [5, 5.41) is 3.11. The van der Waals surface area contributed by atoms with Crippen molar-refractivity contribution in [2.45, 2.75) is 20.8 Å². The quantitative estimate of drug-likeness (QED) is 0.729. The third kappa shape index (κ3) is 5.69. The number of amides is 3. The molecule has 0 aromatic heterocycles. The molecule has 3 N–H and O–H groups in total. The van der Waals surface area contributed by atoms with Gasteiger partial charge in [0.1, 0.15) is 5.75 Å². The van der Waals surface area contributed by atoms with Crippen LogP contribution in [0.3, 0.4) is 0 Å². The van der Waals surface area contributed by atoms with Gasteiger partial charge in [0.2, 0.25) is 0 Å². The van der Waals surface area contributed by atoms with Gasteiger partial charge in [-0.25, -0.2) is 10.2 Å². The van der Waals surface area contributed by atoms with E-state index in [2.05, 4.69) is 16.2 Å². The van der Waals surface area contributed by atoms with Gasteiger partial charge in [0.05, 0.1) is 0 Å². The Morgan fingerprint density at radius 2 is 1.68 bits per heavy atom. The van der Waals surface area contributed by atoms with Crippen LogP contribution in [-0.2, 0) is 4.79 Å². The number of carbonyl (C=O) groups excluding carboxylic acids is 2. The van der Waals surface area contributed by atoms with Crippen LogP contribution in [0, 0.1) is 20.8 Å². The van der Waals surface area contributed by atoms with E-state index in [9.17, 15) is 9.59 Å². The molecule has 0 unspecified atom stereocenters.